The summed E-state index contributed by atoms with van der Waals surface area (Å²) in [5, 5.41) is 13.7. The van der Waals surface area contributed by atoms with E-state index in [1.54, 1.807) is 15.6 Å². The maximum atomic E-state index is 13.1. The zero-order chi connectivity index (χ0) is 23.9. The van der Waals surface area contributed by atoms with Crippen LogP contribution in [0.3, 0.4) is 0 Å². The van der Waals surface area contributed by atoms with E-state index >= 15 is 0 Å². The molecule has 176 valence electrons. The molecule has 2 fully saturated rings. The van der Waals surface area contributed by atoms with Crippen molar-refractivity contribution in [3.63, 3.8) is 0 Å². The second kappa shape index (κ2) is 8.97. The molecule has 0 saturated carbocycles. The first-order valence-corrected chi connectivity index (χ1v) is 11.5. The van der Waals surface area contributed by atoms with E-state index in [4.69, 9.17) is 0 Å². The van der Waals surface area contributed by atoms with Crippen LogP contribution < -0.4 is 20.9 Å². The quantitative estimate of drug-likeness (QED) is 0.646. The van der Waals surface area contributed by atoms with Crippen molar-refractivity contribution in [1.82, 2.24) is 20.4 Å². The van der Waals surface area contributed by atoms with E-state index in [1.807, 2.05) is 52.8 Å². The summed E-state index contributed by atoms with van der Waals surface area (Å²) in [7, 11) is 0. The molecule has 4 unspecified atom stereocenters. The molecule has 0 radical (unpaired) electrons. The van der Waals surface area contributed by atoms with Gasteiger partial charge in [0, 0.05) is 30.8 Å². The molecule has 3 amide bonds. The average Bonchev–Trinajstić information content (AvgIpc) is 3.32. The highest BCUT2D eigenvalue weighted by Gasteiger charge is 2.37. The SMILES string of the molecule is CCC1C(=O)NC(n2nc(C)cc2NC(=O)C2CC(=O)N(c3ccc(C)c(C)c3)C2)NC1C. The highest BCUT2D eigenvalue weighted by Crippen LogP contribution is 2.28. The molecule has 1 aromatic heterocycles. The Bertz CT molecular complexity index is 1090. The van der Waals surface area contributed by atoms with E-state index in [0.29, 0.717) is 18.1 Å². The Morgan fingerprint density at radius 1 is 1.18 bits per heavy atom. The number of aryl methyl sites for hydroxylation is 3. The predicted octanol–water partition coefficient (Wildman–Crippen LogP) is 2.39. The summed E-state index contributed by atoms with van der Waals surface area (Å²) in [6.07, 6.45) is 0.331. The number of rotatable bonds is 5. The number of nitrogens with zero attached hydrogens (tertiary/aromatic N) is 3. The molecule has 2 saturated heterocycles. The van der Waals surface area contributed by atoms with Crippen molar-refractivity contribution in [2.75, 3.05) is 16.8 Å². The van der Waals surface area contributed by atoms with Crippen LogP contribution in [-0.2, 0) is 14.4 Å². The van der Waals surface area contributed by atoms with E-state index in [1.165, 1.54) is 0 Å². The van der Waals surface area contributed by atoms with Crippen molar-refractivity contribution in [2.24, 2.45) is 11.8 Å². The molecule has 3 heterocycles. The maximum absolute atomic E-state index is 13.1. The summed E-state index contributed by atoms with van der Waals surface area (Å²) in [5.74, 6) is -0.447. The second-order valence-electron chi connectivity index (χ2n) is 9.16. The van der Waals surface area contributed by atoms with Crippen LogP contribution in [0.15, 0.2) is 24.3 Å². The smallest absolute Gasteiger partial charge is 0.230 e. The molecule has 33 heavy (non-hydrogen) atoms. The first kappa shape index (κ1) is 23.0. The molecule has 1 aromatic carbocycles. The van der Waals surface area contributed by atoms with Crippen LogP contribution in [0, 0.1) is 32.6 Å². The van der Waals surface area contributed by atoms with Gasteiger partial charge in [0.05, 0.1) is 17.5 Å². The van der Waals surface area contributed by atoms with Crippen molar-refractivity contribution < 1.29 is 14.4 Å². The van der Waals surface area contributed by atoms with Gasteiger partial charge in [-0.1, -0.05) is 13.0 Å². The Balaban J connectivity index is 1.48. The minimum atomic E-state index is -0.559. The number of nitrogens with one attached hydrogen (secondary N) is 3. The summed E-state index contributed by atoms with van der Waals surface area (Å²) < 4.78 is 1.59. The van der Waals surface area contributed by atoms with Crippen LogP contribution in [0.4, 0.5) is 11.5 Å². The topological polar surface area (TPSA) is 108 Å². The lowest BCUT2D eigenvalue weighted by Gasteiger charge is -2.35. The highest BCUT2D eigenvalue weighted by molar-refractivity contribution is 6.03. The van der Waals surface area contributed by atoms with E-state index < -0.39 is 12.2 Å². The Hall–Kier alpha value is -3.20. The summed E-state index contributed by atoms with van der Waals surface area (Å²) in [4.78, 5) is 39.9. The summed E-state index contributed by atoms with van der Waals surface area (Å²) in [6.45, 7) is 10.1. The van der Waals surface area contributed by atoms with Gasteiger partial charge in [-0.05, 0) is 57.4 Å². The predicted molar refractivity (Wildman–Crippen MR) is 126 cm³/mol. The molecule has 2 aliphatic heterocycles. The Labute approximate surface area is 193 Å². The number of carbonyl (C=O) groups excluding carboxylic acids is 3. The third kappa shape index (κ3) is 4.50. The summed E-state index contributed by atoms with van der Waals surface area (Å²) in [6, 6.07) is 7.62. The van der Waals surface area contributed by atoms with Gasteiger partial charge in [0.2, 0.25) is 17.7 Å². The molecule has 9 nitrogen and oxygen atoms in total. The lowest BCUT2D eigenvalue weighted by Crippen LogP contribution is -2.57. The molecule has 4 atom stereocenters. The fraction of sp³-hybridized carbons (Fsp3) is 0.500. The molecule has 2 aliphatic rings. The minimum absolute atomic E-state index is 0.0271. The molecule has 0 spiro atoms. The van der Waals surface area contributed by atoms with Gasteiger partial charge in [-0.15, -0.1) is 0 Å². The highest BCUT2D eigenvalue weighted by atomic mass is 16.2. The number of amides is 3. The first-order valence-electron chi connectivity index (χ1n) is 11.5. The molecular formula is C24H32N6O3. The summed E-state index contributed by atoms with van der Waals surface area (Å²) >= 11 is 0. The van der Waals surface area contributed by atoms with Gasteiger partial charge < -0.3 is 15.5 Å². The third-order valence-corrected chi connectivity index (χ3v) is 6.73. The van der Waals surface area contributed by atoms with Gasteiger partial charge in [-0.2, -0.15) is 5.10 Å². The van der Waals surface area contributed by atoms with E-state index in [9.17, 15) is 14.4 Å². The Kier molecular flexibility index (Phi) is 6.25. The van der Waals surface area contributed by atoms with Gasteiger partial charge in [0.15, 0.2) is 6.29 Å². The van der Waals surface area contributed by atoms with Gasteiger partial charge in [0.1, 0.15) is 5.82 Å². The zero-order valence-corrected chi connectivity index (χ0v) is 19.8. The van der Waals surface area contributed by atoms with E-state index in [-0.39, 0.29) is 36.1 Å². The van der Waals surface area contributed by atoms with Crippen LogP contribution >= 0.6 is 0 Å². The molecule has 3 N–H and O–H groups in total. The Morgan fingerprint density at radius 3 is 2.61 bits per heavy atom. The van der Waals surface area contributed by atoms with Gasteiger partial charge in [-0.3, -0.25) is 19.7 Å². The Morgan fingerprint density at radius 2 is 1.94 bits per heavy atom. The number of carbonyl (C=O) groups is 3. The molecule has 9 heteroatoms. The number of hydrogen-bond donors (Lipinski definition) is 3. The molecule has 4 rings (SSSR count). The van der Waals surface area contributed by atoms with Crippen LogP contribution in [0.2, 0.25) is 0 Å². The average molecular weight is 453 g/mol. The molecule has 0 aliphatic carbocycles. The largest absolute Gasteiger partial charge is 0.322 e. The van der Waals surface area contributed by atoms with Crippen LogP contribution in [0.25, 0.3) is 0 Å². The molecule has 0 bridgehead atoms. The standard InChI is InChI=1S/C24H32N6O3/c1-6-19-16(5)25-24(27-23(19)33)30-20(10-15(4)28-30)26-22(32)17-11-21(31)29(12-17)18-8-7-13(2)14(3)9-18/h7-10,16-17,19,24-25H,6,11-12H2,1-5H3,(H,26,32)(H,27,33). The van der Waals surface area contributed by atoms with Crippen molar-refractivity contribution in [1.29, 1.82) is 0 Å². The fourth-order valence-electron chi connectivity index (χ4n) is 4.61. The van der Waals surface area contributed by atoms with E-state index in [0.717, 1.165) is 23.2 Å². The number of hydrogen-bond acceptors (Lipinski definition) is 5. The lowest BCUT2D eigenvalue weighted by molar-refractivity contribution is -0.130. The van der Waals surface area contributed by atoms with Crippen LogP contribution in [-0.4, -0.2) is 40.1 Å². The molecular weight excluding hydrogens is 420 g/mol. The summed E-state index contributed by atoms with van der Waals surface area (Å²) in [5.41, 5.74) is 3.79. The first-order chi connectivity index (χ1) is 15.7. The zero-order valence-electron chi connectivity index (χ0n) is 19.8. The van der Waals surface area contributed by atoms with Crippen molar-refractivity contribution >= 4 is 29.2 Å². The second-order valence-corrected chi connectivity index (χ2v) is 9.16. The minimum Gasteiger partial charge on any atom is -0.322 e. The van der Waals surface area contributed by atoms with Crippen LogP contribution in [0.5, 0.6) is 0 Å². The number of aromatic nitrogens is 2. The number of benzene rings is 1. The van der Waals surface area contributed by atoms with Gasteiger partial charge >= 0.3 is 0 Å². The maximum Gasteiger partial charge on any atom is 0.230 e. The molecule has 2 aromatic rings. The van der Waals surface area contributed by atoms with Crippen molar-refractivity contribution in [3.05, 3.63) is 41.1 Å². The lowest BCUT2D eigenvalue weighted by atomic mass is 9.95. The van der Waals surface area contributed by atoms with Gasteiger partial charge in [0.25, 0.3) is 0 Å². The van der Waals surface area contributed by atoms with Crippen molar-refractivity contribution in [2.45, 2.75) is 59.8 Å². The normalized spacial score (nSPS) is 25.3. The van der Waals surface area contributed by atoms with Crippen molar-refractivity contribution in [3.8, 4) is 0 Å². The van der Waals surface area contributed by atoms with Crippen LogP contribution in [0.1, 0.15) is 49.8 Å². The van der Waals surface area contributed by atoms with E-state index in [2.05, 4.69) is 21.0 Å². The monoisotopic (exact) mass is 452 g/mol. The van der Waals surface area contributed by atoms with Gasteiger partial charge in [-0.25, -0.2) is 4.68 Å². The number of anilines is 2. The fourth-order valence-corrected chi connectivity index (χ4v) is 4.61. The third-order valence-electron chi connectivity index (χ3n) is 6.73.